The first-order chi connectivity index (χ1) is 10.0. The van der Waals surface area contributed by atoms with E-state index >= 15 is 0 Å². The van der Waals surface area contributed by atoms with E-state index in [-0.39, 0.29) is 6.04 Å². The van der Waals surface area contributed by atoms with Crippen molar-refractivity contribution >= 4 is 22.1 Å². The maximum Gasteiger partial charge on any atom is 0.195 e. The van der Waals surface area contributed by atoms with Crippen molar-refractivity contribution in [3.63, 3.8) is 0 Å². The van der Waals surface area contributed by atoms with Gasteiger partial charge in [0, 0.05) is 37.1 Å². The van der Waals surface area contributed by atoms with Gasteiger partial charge >= 0.3 is 0 Å². The number of aromatic nitrogens is 2. The van der Waals surface area contributed by atoms with Gasteiger partial charge in [0.25, 0.3) is 0 Å². The second-order valence-corrected chi connectivity index (χ2v) is 6.73. The summed E-state index contributed by atoms with van der Waals surface area (Å²) in [5, 5.41) is 2.08. The fraction of sp³-hybridized carbons (Fsp3) is 0.667. The van der Waals surface area contributed by atoms with E-state index in [0.29, 0.717) is 0 Å². The fourth-order valence-corrected chi connectivity index (χ4v) is 3.29. The molecule has 6 heteroatoms. The van der Waals surface area contributed by atoms with Crippen LogP contribution in [-0.2, 0) is 6.42 Å². The molecule has 0 aliphatic carbocycles. The Morgan fingerprint density at radius 2 is 2.14 bits per heavy atom. The van der Waals surface area contributed by atoms with Gasteiger partial charge in [0.1, 0.15) is 0 Å². The molecule has 118 valence electrons. The monoisotopic (exact) mass is 309 g/mol. The SMILES string of the molecule is CCN(CCCN(C)C)c1nc2sccn2c1CC(C)N. The van der Waals surface area contributed by atoms with Gasteiger partial charge in [-0.25, -0.2) is 4.98 Å². The molecule has 0 saturated heterocycles. The Hall–Kier alpha value is -1.11. The molecular formula is C15H27N5S. The van der Waals surface area contributed by atoms with Crippen molar-refractivity contribution in [3.8, 4) is 0 Å². The van der Waals surface area contributed by atoms with Gasteiger partial charge in [-0.3, -0.25) is 4.40 Å². The van der Waals surface area contributed by atoms with Crippen LogP contribution in [0, 0.1) is 0 Å². The third-order valence-corrected chi connectivity index (χ3v) is 4.33. The fourth-order valence-electron chi connectivity index (χ4n) is 2.56. The number of nitrogens with two attached hydrogens (primary N) is 1. The standard InChI is InChI=1S/C15H27N5S/c1-5-19(8-6-7-18(3)4)14-13(11-12(2)16)20-9-10-21-15(20)17-14/h9-10,12H,5-8,11,16H2,1-4H3. The molecule has 2 heterocycles. The van der Waals surface area contributed by atoms with E-state index in [4.69, 9.17) is 10.7 Å². The summed E-state index contributed by atoms with van der Waals surface area (Å²) >= 11 is 1.68. The molecule has 0 fully saturated rings. The zero-order valence-corrected chi connectivity index (χ0v) is 14.4. The number of fused-ring (bicyclic) bond motifs is 1. The third kappa shape index (κ3) is 3.96. The Kier molecular flexibility index (Phi) is 5.61. The molecule has 0 saturated carbocycles. The third-order valence-electron chi connectivity index (χ3n) is 3.57. The average molecular weight is 309 g/mol. The lowest BCUT2D eigenvalue weighted by Gasteiger charge is -2.23. The smallest absolute Gasteiger partial charge is 0.195 e. The summed E-state index contributed by atoms with van der Waals surface area (Å²) in [5.41, 5.74) is 7.27. The summed E-state index contributed by atoms with van der Waals surface area (Å²) in [5.74, 6) is 1.11. The molecule has 0 aromatic carbocycles. The largest absolute Gasteiger partial charge is 0.355 e. The van der Waals surface area contributed by atoms with Crippen LogP contribution < -0.4 is 10.6 Å². The molecule has 0 amide bonds. The minimum Gasteiger partial charge on any atom is -0.355 e. The molecule has 2 aromatic heterocycles. The first-order valence-electron chi connectivity index (χ1n) is 7.62. The average Bonchev–Trinajstić information content (AvgIpc) is 2.97. The Labute approximate surface area is 131 Å². The molecule has 2 aromatic rings. The summed E-state index contributed by atoms with van der Waals surface area (Å²) in [6.07, 6.45) is 4.10. The quantitative estimate of drug-likeness (QED) is 0.811. The van der Waals surface area contributed by atoms with Crippen molar-refractivity contribution in [2.45, 2.75) is 32.7 Å². The van der Waals surface area contributed by atoms with Crippen molar-refractivity contribution < 1.29 is 0 Å². The van der Waals surface area contributed by atoms with Crippen molar-refractivity contribution in [2.75, 3.05) is 38.6 Å². The molecule has 0 bridgehead atoms. The second-order valence-electron chi connectivity index (χ2n) is 5.86. The molecule has 1 atom stereocenters. The van der Waals surface area contributed by atoms with Gasteiger partial charge < -0.3 is 15.5 Å². The van der Waals surface area contributed by atoms with Crippen LogP contribution in [0.25, 0.3) is 4.96 Å². The number of hydrogen-bond acceptors (Lipinski definition) is 5. The predicted molar refractivity (Wildman–Crippen MR) is 91.5 cm³/mol. The number of rotatable bonds is 8. The number of thiazole rings is 1. The van der Waals surface area contributed by atoms with Gasteiger partial charge in [0.15, 0.2) is 10.8 Å². The van der Waals surface area contributed by atoms with E-state index in [9.17, 15) is 0 Å². The predicted octanol–water partition coefficient (Wildman–Crippen LogP) is 2.06. The van der Waals surface area contributed by atoms with E-state index in [1.54, 1.807) is 11.3 Å². The number of imidazole rings is 1. The van der Waals surface area contributed by atoms with Crippen LogP contribution in [0.4, 0.5) is 5.82 Å². The van der Waals surface area contributed by atoms with Crippen LogP contribution in [0.3, 0.4) is 0 Å². The molecule has 5 nitrogen and oxygen atoms in total. The van der Waals surface area contributed by atoms with Crippen LogP contribution in [0.15, 0.2) is 11.6 Å². The molecule has 0 aliphatic rings. The van der Waals surface area contributed by atoms with Gasteiger partial charge in [-0.2, -0.15) is 0 Å². The summed E-state index contributed by atoms with van der Waals surface area (Å²) in [7, 11) is 4.23. The zero-order valence-electron chi connectivity index (χ0n) is 13.5. The Bertz CT molecular complexity index is 557. The molecule has 0 spiro atoms. The Morgan fingerprint density at radius 1 is 1.38 bits per heavy atom. The van der Waals surface area contributed by atoms with E-state index in [2.05, 4.69) is 53.7 Å². The molecule has 2 N–H and O–H groups in total. The van der Waals surface area contributed by atoms with Gasteiger partial charge in [0.05, 0.1) is 5.69 Å². The normalized spacial score (nSPS) is 13.2. The summed E-state index contributed by atoms with van der Waals surface area (Å²) in [6.45, 7) is 7.35. The van der Waals surface area contributed by atoms with Crippen molar-refractivity contribution in [1.82, 2.24) is 14.3 Å². The van der Waals surface area contributed by atoms with Crippen LogP contribution >= 0.6 is 11.3 Å². The topological polar surface area (TPSA) is 49.8 Å². The van der Waals surface area contributed by atoms with Crippen molar-refractivity contribution in [3.05, 3.63) is 17.3 Å². The molecule has 21 heavy (non-hydrogen) atoms. The van der Waals surface area contributed by atoms with Gasteiger partial charge in [-0.15, -0.1) is 11.3 Å². The van der Waals surface area contributed by atoms with Crippen LogP contribution in [-0.4, -0.2) is 54.1 Å². The lowest BCUT2D eigenvalue weighted by molar-refractivity contribution is 0.400. The zero-order chi connectivity index (χ0) is 15.4. The molecule has 0 radical (unpaired) electrons. The highest BCUT2D eigenvalue weighted by atomic mass is 32.1. The molecular weight excluding hydrogens is 282 g/mol. The van der Waals surface area contributed by atoms with Gasteiger partial charge in [0.2, 0.25) is 0 Å². The summed E-state index contributed by atoms with van der Waals surface area (Å²) in [4.78, 5) is 10.5. The number of nitrogens with zero attached hydrogens (tertiary/aromatic N) is 4. The first kappa shape index (κ1) is 16.3. The van der Waals surface area contributed by atoms with Crippen molar-refractivity contribution in [2.24, 2.45) is 5.73 Å². The summed E-state index contributed by atoms with van der Waals surface area (Å²) < 4.78 is 2.19. The molecule has 0 aliphatic heterocycles. The Balaban J connectivity index is 2.22. The Morgan fingerprint density at radius 3 is 2.76 bits per heavy atom. The maximum absolute atomic E-state index is 6.03. The van der Waals surface area contributed by atoms with E-state index in [1.807, 2.05) is 0 Å². The van der Waals surface area contributed by atoms with Gasteiger partial charge in [-0.1, -0.05) is 0 Å². The van der Waals surface area contributed by atoms with E-state index in [0.717, 1.165) is 43.3 Å². The van der Waals surface area contributed by atoms with E-state index in [1.165, 1.54) is 5.69 Å². The van der Waals surface area contributed by atoms with Crippen LogP contribution in [0.5, 0.6) is 0 Å². The highest BCUT2D eigenvalue weighted by Gasteiger charge is 2.18. The molecule has 1 unspecified atom stereocenters. The van der Waals surface area contributed by atoms with E-state index < -0.39 is 0 Å². The van der Waals surface area contributed by atoms with Crippen LogP contribution in [0.2, 0.25) is 0 Å². The number of hydrogen-bond donors (Lipinski definition) is 1. The minimum absolute atomic E-state index is 0.143. The molecule has 2 rings (SSSR count). The van der Waals surface area contributed by atoms with Crippen LogP contribution in [0.1, 0.15) is 26.0 Å². The first-order valence-corrected chi connectivity index (χ1v) is 8.50. The highest BCUT2D eigenvalue weighted by molar-refractivity contribution is 7.15. The van der Waals surface area contributed by atoms with Crippen molar-refractivity contribution in [1.29, 1.82) is 0 Å². The lowest BCUT2D eigenvalue weighted by atomic mass is 10.2. The minimum atomic E-state index is 0.143. The second kappa shape index (κ2) is 7.24. The lowest BCUT2D eigenvalue weighted by Crippen LogP contribution is -2.29. The van der Waals surface area contributed by atoms with Gasteiger partial charge in [-0.05, 0) is 40.9 Å². The number of anilines is 1. The summed E-state index contributed by atoms with van der Waals surface area (Å²) in [6, 6.07) is 0.143. The maximum atomic E-state index is 6.03. The highest BCUT2D eigenvalue weighted by Crippen LogP contribution is 2.25.